The van der Waals surface area contributed by atoms with Crippen LogP contribution >= 0.6 is 0 Å². The first-order valence-electron chi connectivity index (χ1n) is 5.79. The highest BCUT2D eigenvalue weighted by molar-refractivity contribution is 6.79. The van der Waals surface area contributed by atoms with Crippen molar-refractivity contribution >= 4 is 27.8 Å². The zero-order valence-electron chi connectivity index (χ0n) is 10.9. The third-order valence-corrected chi connectivity index (χ3v) is 13.8. The lowest BCUT2D eigenvalue weighted by atomic mass is 10.4. The highest BCUT2D eigenvalue weighted by Gasteiger charge is 2.21. The highest BCUT2D eigenvalue weighted by atomic mass is 28.4. The fourth-order valence-electron chi connectivity index (χ4n) is 1.92. The Bertz CT molecular complexity index is 173. The van der Waals surface area contributed by atoms with Gasteiger partial charge in [-0.25, -0.2) is 0 Å². The van der Waals surface area contributed by atoms with Crippen molar-refractivity contribution in [3.05, 3.63) is 0 Å². The van der Waals surface area contributed by atoms with E-state index in [-0.39, 0.29) is 27.8 Å². The standard InChI is InChI=1S/C9H25N3Si3/c1-10-6-8-11(9-7-10)13-12(14(2)3)15(4)5/h6-9,13H2,1-5H3. The SMILES string of the molecule is CN1CCN([SiH2]N([Si](C)C)[Si](C)C)CC1. The van der Waals surface area contributed by atoms with Crippen LogP contribution in [0.15, 0.2) is 0 Å². The molecule has 0 amide bonds. The number of likely N-dealkylation sites (N-methyl/N-ethyl adjacent to an activating group) is 1. The van der Waals surface area contributed by atoms with E-state index in [1.807, 2.05) is 0 Å². The summed E-state index contributed by atoms with van der Waals surface area (Å²) in [5.41, 5.74) is 0. The van der Waals surface area contributed by atoms with Gasteiger partial charge in [-0.05, 0) is 7.05 Å². The quantitative estimate of drug-likeness (QED) is 0.660. The topological polar surface area (TPSA) is 9.72 Å². The summed E-state index contributed by atoms with van der Waals surface area (Å²) < 4.78 is 5.66. The molecule has 0 aromatic rings. The molecular formula is C9H25N3Si3. The van der Waals surface area contributed by atoms with Crippen LogP contribution in [0.2, 0.25) is 26.2 Å². The van der Waals surface area contributed by atoms with Crippen LogP contribution < -0.4 is 0 Å². The van der Waals surface area contributed by atoms with E-state index in [0.717, 1.165) is 0 Å². The molecule has 1 fully saturated rings. The fourth-order valence-corrected chi connectivity index (χ4v) is 9.93. The first-order valence-corrected chi connectivity index (χ1v) is 12.0. The summed E-state index contributed by atoms with van der Waals surface area (Å²) >= 11 is 0. The molecule has 3 nitrogen and oxygen atoms in total. The third-order valence-electron chi connectivity index (χ3n) is 3.02. The molecule has 6 heteroatoms. The molecule has 1 saturated heterocycles. The van der Waals surface area contributed by atoms with Gasteiger partial charge in [-0.15, -0.1) is 0 Å². The van der Waals surface area contributed by atoms with Crippen molar-refractivity contribution in [2.45, 2.75) is 26.2 Å². The summed E-state index contributed by atoms with van der Waals surface area (Å²) in [5.74, 6) is 0. The van der Waals surface area contributed by atoms with Crippen LogP contribution in [0.4, 0.5) is 0 Å². The number of hydrogen-bond donors (Lipinski definition) is 0. The molecule has 1 heterocycles. The average Bonchev–Trinajstić information content (AvgIpc) is 2.15. The molecule has 0 spiro atoms. The summed E-state index contributed by atoms with van der Waals surface area (Å²) in [6.07, 6.45) is 0. The van der Waals surface area contributed by atoms with E-state index in [0.29, 0.717) is 0 Å². The molecule has 1 aliphatic rings. The molecule has 0 aliphatic carbocycles. The molecule has 1 rings (SSSR count). The van der Waals surface area contributed by atoms with Crippen molar-refractivity contribution in [1.29, 1.82) is 0 Å². The lowest BCUT2D eigenvalue weighted by molar-refractivity contribution is 0.221. The Hall–Kier alpha value is 0.531. The minimum Gasteiger partial charge on any atom is -0.363 e. The van der Waals surface area contributed by atoms with Crippen molar-refractivity contribution in [1.82, 2.24) is 13.4 Å². The van der Waals surface area contributed by atoms with E-state index in [1.54, 1.807) is 0 Å². The van der Waals surface area contributed by atoms with Gasteiger partial charge >= 0.3 is 0 Å². The van der Waals surface area contributed by atoms with Crippen LogP contribution in [-0.4, -0.2) is 74.3 Å². The summed E-state index contributed by atoms with van der Waals surface area (Å²) in [6, 6.07) is 0. The van der Waals surface area contributed by atoms with Crippen molar-refractivity contribution in [3.63, 3.8) is 0 Å². The largest absolute Gasteiger partial charge is 0.363 e. The molecule has 15 heavy (non-hydrogen) atoms. The van der Waals surface area contributed by atoms with Crippen molar-refractivity contribution in [2.24, 2.45) is 0 Å². The average molecular weight is 260 g/mol. The van der Waals surface area contributed by atoms with Gasteiger partial charge in [0.05, 0.1) is 0 Å². The van der Waals surface area contributed by atoms with Gasteiger partial charge < -0.3 is 13.4 Å². The summed E-state index contributed by atoms with van der Waals surface area (Å²) in [7, 11) is 1.73. The van der Waals surface area contributed by atoms with Crippen LogP contribution in [0.1, 0.15) is 0 Å². The third kappa shape index (κ3) is 4.49. The van der Waals surface area contributed by atoms with Crippen LogP contribution in [-0.2, 0) is 0 Å². The maximum absolute atomic E-state index is 2.90. The number of hydrogen-bond acceptors (Lipinski definition) is 3. The molecule has 1 aliphatic heterocycles. The Morgan fingerprint density at radius 1 is 0.933 bits per heavy atom. The lowest BCUT2D eigenvalue weighted by Crippen LogP contribution is -2.56. The molecule has 0 aromatic carbocycles. The Morgan fingerprint density at radius 2 is 1.40 bits per heavy atom. The van der Waals surface area contributed by atoms with Gasteiger partial charge in [-0.1, -0.05) is 26.2 Å². The maximum Gasteiger partial charge on any atom is 0.159 e. The smallest absolute Gasteiger partial charge is 0.159 e. The minimum atomic E-state index is -0.200. The zero-order chi connectivity index (χ0) is 11.4. The zero-order valence-corrected chi connectivity index (χ0v) is 14.3. The molecule has 0 unspecified atom stereocenters. The number of rotatable bonds is 4. The van der Waals surface area contributed by atoms with E-state index in [1.165, 1.54) is 26.2 Å². The van der Waals surface area contributed by atoms with Gasteiger partial charge in [-0.2, -0.15) is 0 Å². The summed E-state index contributed by atoms with van der Waals surface area (Å²) in [5, 5.41) is 0. The van der Waals surface area contributed by atoms with Gasteiger partial charge in [0.15, 0.2) is 9.84 Å². The van der Waals surface area contributed by atoms with Gasteiger partial charge in [-0.3, -0.25) is 0 Å². The van der Waals surface area contributed by atoms with E-state index in [4.69, 9.17) is 0 Å². The minimum absolute atomic E-state index is 0.108. The van der Waals surface area contributed by atoms with Gasteiger partial charge in [0.1, 0.15) is 17.9 Å². The first-order chi connectivity index (χ1) is 7.00. The molecule has 0 aromatic heterocycles. The Morgan fingerprint density at radius 3 is 1.80 bits per heavy atom. The summed E-state index contributed by atoms with van der Waals surface area (Å²) in [4.78, 5) is 2.45. The molecule has 0 saturated carbocycles. The molecule has 2 radical (unpaired) electrons. The molecule has 88 valence electrons. The van der Waals surface area contributed by atoms with Gasteiger partial charge in [0.25, 0.3) is 0 Å². The molecule has 0 bridgehead atoms. The normalized spacial score (nSPS) is 21.6. The van der Waals surface area contributed by atoms with Crippen LogP contribution in [0.5, 0.6) is 0 Å². The maximum atomic E-state index is 2.90. The second-order valence-electron chi connectivity index (χ2n) is 4.89. The van der Waals surface area contributed by atoms with Crippen molar-refractivity contribution < 1.29 is 0 Å². The Labute approximate surface area is 101 Å². The van der Waals surface area contributed by atoms with Crippen LogP contribution in [0.25, 0.3) is 0 Å². The molecule has 0 N–H and O–H groups in total. The van der Waals surface area contributed by atoms with E-state index < -0.39 is 0 Å². The second-order valence-corrected chi connectivity index (χ2v) is 13.3. The molecular weight excluding hydrogens is 234 g/mol. The van der Waals surface area contributed by atoms with Crippen LogP contribution in [0, 0.1) is 0 Å². The predicted octanol–water partition coefficient (Wildman–Crippen LogP) is 0.0368. The first kappa shape index (κ1) is 13.6. The second kappa shape index (κ2) is 6.31. The van der Waals surface area contributed by atoms with Crippen LogP contribution in [0.3, 0.4) is 0 Å². The Balaban J connectivity index is 2.38. The monoisotopic (exact) mass is 259 g/mol. The van der Waals surface area contributed by atoms with Crippen molar-refractivity contribution in [3.8, 4) is 0 Å². The number of nitrogens with zero attached hydrogens (tertiary/aromatic N) is 3. The van der Waals surface area contributed by atoms with E-state index in [9.17, 15) is 0 Å². The lowest BCUT2D eigenvalue weighted by Gasteiger charge is -2.38. The predicted molar refractivity (Wildman–Crippen MR) is 74.4 cm³/mol. The van der Waals surface area contributed by atoms with E-state index >= 15 is 0 Å². The highest BCUT2D eigenvalue weighted by Crippen LogP contribution is 2.03. The fraction of sp³-hybridized carbons (Fsp3) is 1.00. The van der Waals surface area contributed by atoms with E-state index in [2.05, 4.69) is 46.6 Å². The van der Waals surface area contributed by atoms with Gasteiger partial charge in [0, 0.05) is 26.2 Å². The van der Waals surface area contributed by atoms with Crippen molar-refractivity contribution in [2.75, 3.05) is 33.2 Å². The Kier molecular flexibility index (Phi) is 5.72. The van der Waals surface area contributed by atoms with Gasteiger partial charge in [0.2, 0.25) is 0 Å². The molecule has 0 atom stereocenters. The summed E-state index contributed by atoms with van der Waals surface area (Å²) in [6.45, 7) is 15.0. The number of piperazine rings is 1.